The van der Waals surface area contributed by atoms with E-state index in [4.69, 9.17) is 3.76 Å². The summed E-state index contributed by atoms with van der Waals surface area (Å²) in [5.41, 5.74) is 0.292. The van der Waals surface area contributed by atoms with Crippen LogP contribution in [0.2, 0.25) is 26.3 Å². The van der Waals surface area contributed by atoms with Crippen LogP contribution in [-0.4, -0.2) is 28.5 Å². The second-order valence-corrected chi connectivity index (χ2v) is 47.4. The van der Waals surface area contributed by atoms with Gasteiger partial charge in [0, 0.05) is 0 Å². The SMILES string of the molecule is CCCCC1(CCCC)C[CH2][Ge]([CH2]CCC)([CH2]CCC)[Ge]([CH2]CCC)([CH2]CCC)[O]1. The molecule has 1 nitrogen and oxygen atoms in total. The maximum atomic E-state index is 7.95. The fourth-order valence-corrected chi connectivity index (χ4v) is 67.2. The molecule has 0 aliphatic carbocycles. The topological polar surface area (TPSA) is 9.23 Å². The molecular formula is C27H58Ge2O. The summed E-state index contributed by atoms with van der Waals surface area (Å²) in [5, 5.41) is 8.18. The average Bonchev–Trinajstić information content (AvgIpc) is 2.77. The van der Waals surface area contributed by atoms with Crippen LogP contribution in [0, 0.1) is 0 Å². The van der Waals surface area contributed by atoms with Gasteiger partial charge in [-0.25, -0.2) is 0 Å². The molecule has 0 unspecified atom stereocenters. The van der Waals surface area contributed by atoms with Gasteiger partial charge >= 0.3 is 196 Å². The predicted octanol–water partition coefficient (Wildman–Crippen LogP) is 10.2. The minimum absolute atomic E-state index is 0.292. The molecule has 0 atom stereocenters. The summed E-state index contributed by atoms with van der Waals surface area (Å²) in [7, 11) is 0. The van der Waals surface area contributed by atoms with E-state index in [9.17, 15) is 0 Å². The van der Waals surface area contributed by atoms with Gasteiger partial charge in [0.05, 0.1) is 0 Å². The first-order chi connectivity index (χ1) is 14.5. The first kappa shape index (κ1) is 29.1. The standard InChI is InChI=1S/C27H58Ge2O/c1-7-13-19-27(20-14-8-2)21-26-28(22-15-9-3,23-16-10-4)29(30-27,24-17-11-5)25-18-12-6/h7-26H2,1-6H3. The van der Waals surface area contributed by atoms with Crippen LogP contribution < -0.4 is 0 Å². The predicted molar refractivity (Wildman–Crippen MR) is 143 cm³/mol. The van der Waals surface area contributed by atoms with E-state index in [1.807, 2.05) is 0 Å². The van der Waals surface area contributed by atoms with Crippen molar-refractivity contribution in [2.75, 3.05) is 0 Å². The number of hydrogen-bond acceptors (Lipinski definition) is 1. The Labute approximate surface area is 195 Å². The van der Waals surface area contributed by atoms with Crippen molar-refractivity contribution in [2.24, 2.45) is 0 Å². The average molecular weight is 544 g/mol. The first-order valence-electron chi connectivity index (χ1n) is 14.2. The van der Waals surface area contributed by atoms with Gasteiger partial charge in [0.25, 0.3) is 0 Å². The summed E-state index contributed by atoms with van der Waals surface area (Å²) in [4.78, 5) is 0. The Morgan fingerprint density at radius 1 is 0.567 bits per heavy atom. The molecule has 1 heterocycles. The van der Waals surface area contributed by atoms with Crippen LogP contribution in [0.4, 0.5) is 0 Å². The van der Waals surface area contributed by atoms with Crippen LogP contribution in [-0.2, 0) is 3.76 Å². The molecule has 0 aromatic carbocycles. The van der Waals surface area contributed by atoms with Crippen molar-refractivity contribution in [3.63, 3.8) is 0 Å². The summed E-state index contributed by atoms with van der Waals surface area (Å²) in [6.45, 7) is 14.5. The Kier molecular flexibility index (Phi) is 15.3. The molecule has 0 radical (unpaired) electrons. The van der Waals surface area contributed by atoms with Crippen LogP contribution in [0.15, 0.2) is 0 Å². The van der Waals surface area contributed by atoms with Gasteiger partial charge in [-0.2, -0.15) is 0 Å². The van der Waals surface area contributed by atoms with Crippen molar-refractivity contribution in [3.8, 4) is 0 Å². The molecule has 3 heteroatoms. The minimum atomic E-state index is -2.31. The second-order valence-electron chi connectivity index (χ2n) is 10.7. The molecule has 180 valence electrons. The Hall–Kier alpha value is 1.05. The molecule has 0 spiro atoms. The van der Waals surface area contributed by atoms with Crippen LogP contribution in [0.1, 0.15) is 138 Å². The Balaban J connectivity index is 3.39. The molecule has 0 bridgehead atoms. The number of rotatable bonds is 18. The summed E-state index contributed by atoms with van der Waals surface area (Å²) in [5.74, 6) is 0. The van der Waals surface area contributed by atoms with Gasteiger partial charge < -0.3 is 0 Å². The Bertz CT molecular complexity index is 399. The summed E-state index contributed by atoms with van der Waals surface area (Å²) >= 11 is -4.25. The molecule has 0 amide bonds. The van der Waals surface area contributed by atoms with Crippen molar-refractivity contribution in [3.05, 3.63) is 0 Å². The van der Waals surface area contributed by atoms with Crippen LogP contribution >= 0.6 is 0 Å². The van der Waals surface area contributed by atoms with E-state index in [0.29, 0.717) is 5.60 Å². The molecule has 30 heavy (non-hydrogen) atoms. The van der Waals surface area contributed by atoms with Crippen molar-refractivity contribution >= 4 is 22.9 Å². The molecule has 1 aliphatic heterocycles. The molecule has 0 N–H and O–H groups in total. The number of hydrogen-bond donors (Lipinski definition) is 0. The fourth-order valence-electron chi connectivity index (χ4n) is 6.29. The molecule has 1 saturated heterocycles. The van der Waals surface area contributed by atoms with Gasteiger partial charge in [0.15, 0.2) is 0 Å². The first-order valence-corrected chi connectivity index (χ1v) is 29.0. The summed E-state index contributed by atoms with van der Waals surface area (Å²) < 4.78 is 7.95. The zero-order valence-electron chi connectivity index (χ0n) is 22.1. The zero-order valence-corrected chi connectivity index (χ0v) is 26.2. The van der Waals surface area contributed by atoms with Crippen molar-refractivity contribution < 1.29 is 3.76 Å². The fraction of sp³-hybridized carbons (Fsp3) is 1.00. The van der Waals surface area contributed by atoms with E-state index in [1.54, 1.807) is 26.3 Å². The Morgan fingerprint density at radius 2 is 0.967 bits per heavy atom. The number of unbranched alkanes of at least 4 members (excludes halogenated alkanes) is 6. The zero-order chi connectivity index (χ0) is 22.3. The van der Waals surface area contributed by atoms with Crippen molar-refractivity contribution in [1.29, 1.82) is 0 Å². The quantitative estimate of drug-likeness (QED) is 0.156. The third-order valence-corrected chi connectivity index (χ3v) is 62.8. The molecule has 0 aromatic heterocycles. The van der Waals surface area contributed by atoms with Gasteiger partial charge in [-0.05, 0) is 0 Å². The van der Waals surface area contributed by atoms with Gasteiger partial charge in [0.2, 0.25) is 0 Å². The van der Waals surface area contributed by atoms with Gasteiger partial charge in [-0.1, -0.05) is 0 Å². The molecular weight excluding hydrogens is 486 g/mol. The van der Waals surface area contributed by atoms with Gasteiger partial charge in [0.1, 0.15) is 0 Å². The third-order valence-electron chi connectivity index (χ3n) is 8.30. The van der Waals surface area contributed by atoms with Gasteiger partial charge in [-0.15, -0.1) is 0 Å². The van der Waals surface area contributed by atoms with Crippen molar-refractivity contribution in [1.82, 2.24) is 0 Å². The third kappa shape index (κ3) is 8.12. The van der Waals surface area contributed by atoms with E-state index >= 15 is 0 Å². The summed E-state index contributed by atoms with van der Waals surface area (Å²) in [6.07, 6.45) is 21.1. The van der Waals surface area contributed by atoms with E-state index in [0.717, 1.165) is 0 Å². The molecule has 1 rings (SSSR count). The van der Waals surface area contributed by atoms with Crippen LogP contribution in [0.25, 0.3) is 0 Å². The van der Waals surface area contributed by atoms with Crippen LogP contribution in [0.5, 0.6) is 0 Å². The molecule has 0 aromatic rings. The van der Waals surface area contributed by atoms with E-state index < -0.39 is 22.9 Å². The van der Waals surface area contributed by atoms with Crippen molar-refractivity contribution in [2.45, 2.75) is 170 Å². The second kappa shape index (κ2) is 15.8. The monoisotopic (exact) mass is 546 g/mol. The normalized spacial score (nSPS) is 19.8. The van der Waals surface area contributed by atoms with E-state index in [1.165, 1.54) is 96.3 Å². The van der Waals surface area contributed by atoms with E-state index in [-0.39, 0.29) is 0 Å². The van der Waals surface area contributed by atoms with Gasteiger partial charge in [-0.3, -0.25) is 0 Å². The van der Waals surface area contributed by atoms with E-state index in [2.05, 4.69) is 41.5 Å². The maximum absolute atomic E-state index is 7.95. The molecule has 1 fully saturated rings. The molecule has 0 saturated carbocycles. The Morgan fingerprint density at radius 3 is 1.37 bits per heavy atom. The molecule has 1 aliphatic rings. The van der Waals surface area contributed by atoms with Crippen LogP contribution in [0.3, 0.4) is 0 Å². The summed E-state index contributed by atoms with van der Waals surface area (Å²) in [6, 6.07) is 0.